The van der Waals surface area contributed by atoms with E-state index in [1.807, 2.05) is 17.9 Å². The maximum absolute atomic E-state index is 12.7. The number of benzene rings is 1. The molecule has 1 N–H and O–H groups in total. The number of H-pyrrole nitrogens is 1. The van der Waals surface area contributed by atoms with Crippen molar-refractivity contribution in [2.24, 2.45) is 0 Å². The summed E-state index contributed by atoms with van der Waals surface area (Å²) < 4.78 is 5.94. The molecule has 3 heterocycles. The number of nitrogens with one attached hydrogen (secondary N) is 1. The van der Waals surface area contributed by atoms with Crippen molar-refractivity contribution in [2.75, 3.05) is 26.2 Å². The van der Waals surface area contributed by atoms with Crippen molar-refractivity contribution in [2.45, 2.75) is 25.6 Å². The van der Waals surface area contributed by atoms with Gasteiger partial charge in [-0.1, -0.05) is 30.3 Å². The number of likely N-dealkylation sites (tertiary alicyclic amines) is 1. The predicted molar refractivity (Wildman–Crippen MR) is 89.6 cm³/mol. The van der Waals surface area contributed by atoms with Gasteiger partial charge >= 0.3 is 0 Å². The van der Waals surface area contributed by atoms with Gasteiger partial charge in [0.15, 0.2) is 0 Å². The summed E-state index contributed by atoms with van der Waals surface area (Å²) in [5.74, 6) is 0.0407. The van der Waals surface area contributed by atoms with Gasteiger partial charge in [0.05, 0.1) is 30.5 Å². The number of hydrogen-bond acceptors (Lipinski definition) is 4. The van der Waals surface area contributed by atoms with Gasteiger partial charge in [0.1, 0.15) is 0 Å². The number of hydrogen-bond donors (Lipinski definition) is 1. The number of carbonyl (C=O) groups is 1. The lowest BCUT2D eigenvalue weighted by Crippen LogP contribution is -2.50. The molecule has 0 bridgehead atoms. The maximum atomic E-state index is 12.7. The smallest absolute Gasteiger partial charge is 0.257 e. The molecule has 0 saturated carbocycles. The van der Waals surface area contributed by atoms with E-state index >= 15 is 0 Å². The number of morpholine rings is 1. The lowest BCUT2D eigenvalue weighted by molar-refractivity contribution is -0.0503. The van der Waals surface area contributed by atoms with Crippen LogP contribution >= 0.6 is 0 Å². The Labute approximate surface area is 141 Å². The van der Waals surface area contributed by atoms with Gasteiger partial charge in [-0.2, -0.15) is 5.10 Å². The molecule has 0 radical (unpaired) electrons. The van der Waals surface area contributed by atoms with E-state index in [-0.39, 0.29) is 18.1 Å². The van der Waals surface area contributed by atoms with E-state index in [1.165, 1.54) is 5.56 Å². The quantitative estimate of drug-likeness (QED) is 0.927. The molecule has 2 aromatic rings. The van der Waals surface area contributed by atoms with Crippen LogP contribution in [0.2, 0.25) is 0 Å². The zero-order valence-electron chi connectivity index (χ0n) is 13.8. The number of rotatable bonds is 3. The second-order valence-electron chi connectivity index (χ2n) is 6.55. The zero-order chi connectivity index (χ0) is 16.5. The Morgan fingerprint density at radius 2 is 2.17 bits per heavy atom. The van der Waals surface area contributed by atoms with Gasteiger partial charge in [-0.15, -0.1) is 0 Å². The molecule has 126 valence electrons. The van der Waals surface area contributed by atoms with E-state index in [9.17, 15) is 4.79 Å². The summed E-state index contributed by atoms with van der Waals surface area (Å²) in [6, 6.07) is 10.7. The monoisotopic (exact) mass is 326 g/mol. The van der Waals surface area contributed by atoms with Crippen LogP contribution in [-0.2, 0) is 11.3 Å². The molecule has 1 aromatic heterocycles. The van der Waals surface area contributed by atoms with Gasteiger partial charge in [-0.05, 0) is 12.5 Å². The second-order valence-corrected chi connectivity index (χ2v) is 6.55. The van der Waals surface area contributed by atoms with E-state index in [2.05, 4.69) is 39.4 Å². The van der Waals surface area contributed by atoms with Crippen LogP contribution in [0.3, 0.4) is 0 Å². The van der Waals surface area contributed by atoms with Gasteiger partial charge in [0.2, 0.25) is 0 Å². The van der Waals surface area contributed by atoms with Gasteiger partial charge in [-0.3, -0.25) is 14.8 Å². The van der Waals surface area contributed by atoms with Crippen molar-refractivity contribution >= 4 is 5.91 Å². The molecule has 4 rings (SSSR count). The van der Waals surface area contributed by atoms with Crippen molar-refractivity contribution in [3.05, 3.63) is 53.3 Å². The molecule has 2 saturated heterocycles. The third-order valence-corrected chi connectivity index (χ3v) is 4.99. The van der Waals surface area contributed by atoms with E-state index in [4.69, 9.17) is 4.74 Å². The normalized spacial score (nSPS) is 24.1. The maximum Gasteiger partial charge on any atom is 0.257 e. The average Bonchev–Trinajstić information content (AvgIpc) is 3.22. The van der Waals surface area contributed by atoms with E-state index in [0.29, 0.717) is 18.7 Å². The van der Waals surface area contributed by atoms with Crippen molar-refractivity contribution in [1.29, 1.82) is 0 Å². The summed E-state index contributed by atoms with van der Waals surface area (Å²) in [4.78, 5) is 17.1. The number of fused-ring (bicyclic) bond motifs is 1. The topological polar surface area (TPSA) is 61.5 Å². The molecule has 0 unspecified atom stereocenters. The lowest BCUT2D eigenvalue weighted by atomic mass is 10.1. The zero-order valence-corrected chi connectivity index (χ0v) is 13.8. The first kappa shape index (κ1) is 15.4. The van der Waals surface area contributed by atoms with Crippen LogP contribution in [0.25, 0.3) is 0 Å². The van der Waals surface area contributed by atoms with E-state index < -0.39 is 0 Å². The number of amides is 1. The van der Waals surface area contributed by atoms with Crippen LogP contribution in [0.5, 0.6) is 0 Å². The first-order valence-corrected chi connectivity index (χ1v) is 8.41. The largest absolute Gasteiger partial charge is 0.373 e. The van der Waals surface area contributed by atoms with Crippen LogP contribution in [0.1, 0.15) is 21.6 Å². The van der Waals surface area contributed by atoms with Crippen LogP contribution < -0.4 is 0 Å². The summed E-state index contributed by atoms with van der Waals surface area (Å²) in [7, 11) is 0. The fourth-order valence-corrected chi connectivity index (χ4v) is 3.68. The molecule has 0 spiro atoms. The Kier molecular flexibility index (Phi) is 4.08. The highest BCUT2D eigenvalue weighted by molar-refractivity contribution is 5.95. The Morgan fingerprint density at radius 1 is 1.33 bits per heavy atom. The van der Waals surface area contributed by atoms with Gasteiger partial charge < -0.3 is 9.64 Å². The third kappa shape index (κ3) is 2.83. The SMILES string of the molecule is Cc1[nH]ncc1C(=O)N1C[C@@H]2OCCN(Cc3ccccc3)[C@H]2C1. The van der Waals surface area contributed by atoms with Crippen molar-refractivity contribution < 1.29 is 9.53 Å². The summed E-state index contributed by atoms with van der Waals surface area (Å²) >= 11 is 0. The van der Waals surface area contributed by atoms with Crippen LogP contribution in [0.15, 0.2) is 36.5 Å². The Hall–Kier alpha value is -2.18. The van der Waals surface area contributed by atoms with Crippen molar-refractivity contribution in [1.82, 2.24) is 20.0 Å². The number of aromatic amines is 1. The Morgan fingerprint density at radius 3 is 2.92 bits per heavy atom. The molecule has 6 heteroatoms. The lowest BCUT2D eigenvalue weighted by Gasteiger charge is -2.36. The van der Waals surface area contributed by atoms with Gasteiger partial charge in [-0.25, -0.2) is 0 Å². The molecule has 2 aliphatic heterocycles. The molecule has 24 heavy (non-hydrogen) atoms. The predicted octanol–water partition coefficient (Wildman–Crippen LogP) is 1.44. The van der Waals surface area contributed by atoms with E-state index in [0.717, 1.165) is 25.4 Å². The summed E-state index contributed by atoms with van der Waals surface area (Å²) in [5, 5.41) is 6.80. The highest BCUT2D eigenvalue weighted by atomic mass is 16.5. The van der Waals surface area contributed by atoms with Crippen molar-refractivity contribution in [3.8, 4) is 0 Å². The molecule has 6 nitrogen and oxygen atoms in total. The van der Waals surface area contributed by atoms with Crippen LogP contribution in [-0.4, -0.2) is 64.3 Å². The standard InChI is InChI=1S/C18H22N4O2/c1-13-15(9-19-20-13)18(23)22-11-16-17(12-22)24-8-7-21(16)10-14-5-3-2-4-6-14/h2-6,9,16-17H,7-8,10-12H2,1H3,(H,19,20)/t16-,17-/m0/s1. The molecule has 2 atom stereocenters. The summed E-state index contributed by atoms with van der Waals surface area (Å²) in [6.07, 6.45) is 1.71. The molecule has 1 aromatic carbocycles. The number of aromatic nitrogens is 2. The number of carbonyl (C=O) groups excluding carboxylic acids is 1. The van der Waals surface area contributed by atoms with Crippen LogP contribution in [0, 0.1) is 6.92 Å². The highest BCUT2D eigenvalue weighted by Crippen LogP contribution is 2.26. The Bertz CT molecular complexity index is 715. The fraction of sp³-hybridized carbons (Fsp3) is 0.444. The fourth-order valence-electron chi connectivity index (χ4n) is 3.68. The van der Waals surface area contributed by atoms with Crippen molar-refractivity contribution in [3.63, 3.8) is 0 Å². The molecule has 0 aliphatic carbocycles. The first-order chi connectivity index (χ1) is 11.7. The van der Waals surface area contributed by atoms with Crippen LogP contribution in [0.4, 0.5) is 0 Å². The average molecular weight is 326 g/mol. The molecule has 2 aliphatic rings. The first-order valence-electron chi connectivity index (χ1n) is 8.41. The number of nitrogens with zero attached hydrogens (tertiary/aromatic N) is 3. The summed E-state index contributed by atoms with van der Waals surface area (Å²) in [5.41, 5.74) is 2.77. The Balaban J connectivity index is 1.48. The van der Waals surface area contributed by atoms with Gasteiger partial charge in [0.25, 0.3) is 5.91 Å². The minimum absolute atomic E-state index is 0.0407. The molecular weight excluding hydrogens is 304 g/mol. The molecule has 2 fully saturated rings. The minimum Gasteiger partial charge on any atom is -0.373 e. The minimum atomic E-state index is 0.0407. The number of ether oxygens (including phenoxy) is 1. The third-order valence-electron chi connectivity index (χ3n) is 4.99. The highest BCUT2D eigenvalue weighted by Gasteiger charge is 2.42. The molecular formula is C18H22N4O2. The van der Waals surface area contributed by atoms with E-state index in [1.54, 1.807) is 6.20 Å². The van der Waals surface area contributed by atoms with Gasteiger partial charge in [0, 0.05) is 31.9 Å². The molecule has 1 amide bonds. The number of aryl methyl sites for hydroxylation is 1. The second kappa shape index (κ2) is 6.37. The summed E-state index contributed by atoms with van der Waals surface area (Å²) in [6.45, 7) is 5.77.